The van der Waals surface area contributed by atoms with Gasteiger partial charge in [-0.2, -0.15) is 0 Å². The fraction of sp³-hybridized carbons (Fsp3) is 0.353. The van der Waals surface area contributed by atoms with Gasteiger partial charge in [-0.05, 0) is 30.2 Å². The first-order valence-corrected chi connectivity index (χ1v) is 9.53. The van der Waals surface area contributed by atoms with Crippen LogP contribution in [-0.2, 0) is 21.2 Å². The van der Waals surface area contributed by atoms with Gasteiger partial charge in [0.15, 0.2) is 15.3 Å². The minimum atomic E-state index is -3.46. The Morgan fingerprint density at radius 3 is 3.00 bits per heavy atom. The van der Waals surface area contributed by atoms with Crippen LogP contribution in [0.25, 0.3) is 0 Å². The highest BCUT2D eigenvalue weighted by Gasteiger charge is 2.43. The second kappa shape index (κ2) is 5.93. The molecule has 2 aliphatic rings. The number of nitrogens with zero attached hydrogens (tertiary/aromatic N) is 2. The molecule has 2 unspecified atom stereocenters. The van der Waals surface area contributed by atoms with Gasteiger partial charge in [0.2, 0.25) is 0 Å². The Labute approximate surface area is 142 Å². The van der Waals surface area contributed by atoms with E-state index < -0.39 is 10.4 Å². The van der Waals surface area contributed by atoms with Gasteiger partial charge in [0.05, 0.1) is 17.8 Å². The van der Waals surface area contributed by atoms with Crippen molar-refractivity contribution in [2.75, 3.05) is 25.0 Å². The number of likely N-dealkylation sites (tertiary alicyclic amines) is 1. The smallest absolute Gasteiger partial charge is 0.198 e. The van der Waals surface area contributed by atoms with E-state index >= 15 is 0 Å². The van der Waals surface area contributed by atoms with Gasteiger partial charge in [-0.15, -0.1) is 4.72 Å². The van der Waals surface area contributed by atoms with Gasteiger partial charge in [0.1, 0.15) is 0 Å². The van der Waals surface area contributed by atoms with E-state index in [0.29, 0.717) is 17.1 Å². The third-order valence-corrected chi connectivity index (χ3v) is 6.20. The van der Waals surface area contributed by atoms with E-state index in [0.717, 1.165) is 26.1 Å². The van der Waals surface area contributed by atoms with Crippen molar-refractivity contribution in [3.05, 3.63) is 54.4 Å². The van der Waals surface area contributed by atoms with Crippen molar-refractivity contribution < 1.29 is 8.76 Å². The topological polar surface area (TPSA) is 80.3 Å². The van der Waals surface area contributed by atoms with Crippen molar-refractivity contribution in [2.24, 2.45) is 0 Å². The number of nitrogens with one attached hydrogen (secondary N) is 2. The summed E-state index contributed by atoms with van der Waals surface area (Å²) in [5, 5.41) is 3.51. The summed E-state index contributed by atoms with van der Waals surface area (Å²) in [6, 6.07) is 11.1. The van der Waals surface area contributed by atoms with E-state index in [4.69, 9.17) is 0 Å². The summed E-state index contributed by atoms with van der Waals surface area (Å²) in [4.78, 5) is 6.83. The molecule has 0 saturated carbocycles. The second-order valence-corrected chi connectivity index (χ2v) is 8.28. The molecule has 1 spiro atoms. The predicted octanol–water partition coefficient (Wildman–Crippen LogP) is 1.65. The maximum atomic E-state index is 12.4. The van der Waals surface area contributed by atoms with E-state index in [9.17, 15) is 8.76 Å². The Hall–Kier alpha value is -1.80. The molecule has 0 amide bonds. The molecular formula is C17H20N4O2S. The molecule has 6 nitrogen and oxygen atoms in total. The van der Waals surface area contributed by atoms with E-state index in [1.54, 1.807) is 18.3 Å². The van der Waals surface area contributed by atoms with Crippen molar-refractivity contribution in [3.8, 4) is 0 Å². The number of anilines is 1. The molecule has 2 aromatic rings. The number of hydrogen-bond acceptors (Lipinski definition) is 5. The molecule has 2 atom stereocenters. The number of aromatic nitrogens is 1. The van der Waals surface area contributed by atoms with E-state index in [-0.39, 0.29) is 5.54 Å². The van der Waals surface area contributed by atoms with E-state index in [1.165, 1.54) is 5.56 Å². The standard InChI is InChI=1S/C17H20N4O2S/c22-24(23)16-6-2-1-5-15(16)20-17(12-19-24)7-9-21(13-17)11-14-4-3-8-18-10-14/h1-6,8,10,20H,7,9,11-13H2,(H-,19,22,23). The highest BCUT2D eigenvalue weighted by molar-refractivity contribution is 7.96. The number of hydrogen-bond donors (Lipinski definition) is 2. The first-order valence-electron chi connectivity index (χ1n) is 8.05. The van der Waals surface area contributed by atoms with Crippen LogP contribution in [0.1, 0.15) is 12.0 Å². The Kier molecular flexibility index (Phi) is 3.88. The minimum Gasteiger partial charge on any atom is -0.593 e. The summed E-state index contributed by atoms with van der Waals surface area (Å²) in [5.41, 5.74) is 1.58. The van der Waals surface area contributed by atoms with Crippen LogP contribution in [0.15, 0.2) is 53.7 Å². The molecule has 2 aliphatic heterocycles. The molecule has 0 bridgehead atoms. The van der Waals surface area contributed by atoms with Crippen molar-refractivity contribution in [2.45, 2.75) is 23.4 Å². The highest BCUT2D eigenvalue weighted by Crippen LogP contribution is 2.34. The molecule has 3 heterocycles. The largest absolute Gasteiger partial charge is 0.593 e. The van der Waals surface area contributed by atoms with Crippen LogP contribution in [0.2, 0.25) is 0 Å². The SMILES string of the molecule is O=[S+]1([O-])NCC2(CCN(Cc3cccnc3)C2)Nc2ccccc21. The van der Waals surface area contributed by atoms with Crippen LogP contribution in [-0.4, -0.2) is 39.6 Å². The zero-order valence-electron chi connectivity index (χ0n) is 13.3. The molecule has 126 valence electrons. The molecule has 1 aromatic carbocycles. The Morgan fingerprint density at radius 1 is 1.29 bits per heavy atom. The Balaban J connectivity index is 1.56. The average Bonchev–Trinajstić information content (AvgIpc) is 2.92. The van der Waals surface area contributed by atoms with Crippen LogP contribution in [0, 0.1) is 0 Å². The van der Waals surface area contributed by atoms with Gasteiger partial charge in [-0.1, -0.05) is 22.4 Å². The maximum Gasteiger partial charge on any atom is 0.198 e. The average molecular weight is 344 g/mol. The number of pyridine rings is 1. The first kappa shape index (κ1) is 15.7. The van der Waals surface area contributed by atoms with Crippen molar-refractivity contribution >= 4 is 16.1 Å². The summed E-state index contributed by atoms with van der Waals surface area (Å²) >= 11 is 0. The summed E-state index contributed by atoms with van der Waals surface area (Å²) in [5.74, 6) is 0. The number of benzene rings is 1. The fourth-order valence-electron chi connectivity index (χ4n) is 3.53. The van der Waals surface area contributed by atoms with Gasteiger partial charge in [0, 0.05) is 32.0 Å². The molecule has 4 rings (SSSR count). The Morgan fingerprint density at radius 2 is 2.17 bits per heavy atom. The zero-order valence-corrected chi connectivity index (χ0v) is 14.1. The van der Waals surface area contributed by atoms with Crippen molar-refractivity contribution in [1.82, 2.24) is 14.6 Å². The van der Waals surface area contributed by atoms with Crippen LogP contribution < -0.4 is 10.0 Å². The van der Waals surface area contributed by atoms with Gasteiger partial charge in [0.25, 0.3) is 0 Å². The number of rotatable bonds is 2. The predicted molar refractivity (Wildman–Crippen MR) is 92.0 cm³/mol. The second-order valence-electron chi connectivity index (χ2n) is 6.55. The van der Waals surface area contributed by atoms with Gasteiger partial charge in [-0.3, -0.25) is 9.88 Å². The minimum absolute atomic E-state index is 0.276. The summed E-state index contributed by atoms with van der Waals surface area (Å²) in [6.07, 6.45) is 4.54. The van der Waals surface area contributed by atoms with Crippen LogP contribution in [0.4, 0.5) is 5.69 Å². The lowest BCUT2D eigenvalue weighted by Gasteiger charge is -2.29. The number of para-hydroxylation sites is 1. The quantitative estimate of drug-likeness (QED) is 0.810. The number of sulfonamides is 1. The van der Waals surface area contributed by atoms with Gasteiger partial charge >= 0.3 is 0 Å². The summed E-state index contributed by atoms with van der Waals surface area (Å²) in [6.45, 7) is 2.93. The van der Waals surface area contributed by atoms with Gasteiger partial charge < -0.3 is 9.87 Å². The third kappa shape index (κ3) is 2.95. The van der Waals surface area contributed by atoms with Crippen LogP contribution in [0.3, 0.4) is 0 Å². The lowest BCUT2D eigenvalue weighted by Crippen LogP contribution is -2.49. The molecule has 0 radical (unpaired) electrons. The lowest BCUT2D eigenvalue weighted by molar-refractivity contribution is 0.309. The van der Waals surface area contributed by atoms with Crippen molar-refractivity contribution in [3.63, 3.8) is 0 Å². The van der Waals surface area contributed by atoms with Crippen molar-refractivity contribution in [1.29, 1.82) is 0 Å². The molecule has 1 fully saturated rings. The normalized spacial score (nSPS) is 29.9. The number of fused-ring (bicyclic) bond motifs is 1. The molecule has 1 aromatic heterocycles. The monoisotopic (exact) mass is 344 g/mol. The fourth-order valence-corrected chi connectivity index (χ4v) is 4.82. The first-order chi connectivity index (χ1) is 11.6. The lowest BCUT2D eigenvalue weighted by atomic mass is 9.98. The van der Waals surface area contributed by atoms with Crippen LogP contribution in [0.5, 0.6) is 0 Å². The summed E-state index contributed by atoms with van der Waals surface area (Å²) < 4.78 is 27.6. The van der Waals surface area contributed by atoms with E-state index in [2.05, 4.69) is 26.0 Å². The molecular weight excluding hydrogens is 324 g/mol. The molecule has 7 heteroatoms. The Bertz CT molecular complexity index is 785. The summed E-state index contributed by atoms with van der Waals surface area (Å²) in [7, 11) is -3.46. The molecule has 24 heavy (non-hydrogen) atoms. The molecule has 0 aliphatic carbocycles. The molecule has 2 N–H and O–H groups in total. The highest BCUT2D eigenvalue weighted by atomic mass is 32.3. The molecule has 1 saturated heterocycles. The zero-order chi connectivity index (χ0) is 16.6. The van der Waals surface area contributed by atoms with Gasteiger partial charge in [-0.25, -0.2) is 0 Å². The third-order valence-electron chi connectivity index (χ3n) is 4.74. The van der Waals surface area contributed by atoms with E-state index in [1.807, 2.05) is 24.4 Å². The van der Waals surface area contributed by atoms with Crippen LogP contribution >= 0.6 is 0 Å². The maximum absolute atomic E-state index is 12.4.